The predicted molar refractivity (Wildman–Crippen MR) is 112 cm³/mol. The maximum absolute atomic E-state index is 6.29. The average Bonchev–Trinajstić information content (AvgIpc) is 2.52. The Morgan fingerprint density at radius 2 is 1.96 bits per heavy atom. The number of halogens is 2. The van der Waals surface area contributed by atoms with Gasteiger partial charge in [0.1, 0.15) is 0 Å². The van der Waals surface area contributed by atoms with Gasteiger partial charge in [0.05, 0.1) is 25.3 Å². The zero-order valence-electron chi connectivity index (χ0n) is 15.1. The van der Waals surface area contributed by atoms with E-state index in [1.54, 1.807) is 7.11 Å². The molecule has 0 aromatic heterocycles. The highest BCUT2D eigenvalue weighted by atomic mass is 127. The molecule has 1 aromatic carbocycles. The van der Waals surface area contributed by atoms with Gasteiger partial charge in [0, 0.05) is 13.1 Å². The van der Waals surface area contributed by atoms with Crippen LogP contribution in [0.15, 0.2) is 17.1 Å². The van der Waals surface area contributed by atoms with Crippen LogP contribution in [0.4, 0.5) is 0 Å². The minimum atomic E-state index is 0. The summed E-state index contributed by atoms with van der Waals surface area (Å²) in [7, 11) is 1.61. The maximum Gasteiger partial charge on any atom is 0.191 e. The molecular formula is C17H29ClIN3O2. The van der Waals surface area contributed by atoms with Crippen molar-refractivity contribution >= 4 is 41.5 Å². The van der Waals surface area contributed by atoms with Gasteiger partial charge in [0.15, 0.2) is 17.5 Å². The zero-order valence-corrected chi connectivity index (χ0v) is 18.2. The molecule has 138 valence electrons. The normalized spacial score (nSPS) is 11.0. The molecule has 1 aromatic rings. The Kier molecular flexibility index (Phi) is 12.0. The lowest BCUT2D eigenvalue weighted by Crippen LogP contribution is -2.39. The van der Waals surface area contributed by atoms with Crippen LogP contribution in [0, 0.1) is 5.92 Å². The molecule has 0 spiro atoms. The number of nitrogens with zero attached hydrogens (tertiary/aromatic N) is 1. The molecule has 0 atom stereocenters. The van der Waals surface area contributed by atoms with Gasteiger partial charge in [-0.2, -0.15) is 0 Å². The second-order valence-corrected chi connectivity index (χ2v) is 5.92. The van der Waals surface area contributed by atoms with Crippen molar-refractivity contribution in [3.8, 4) is 11.5 Å². The molecule has 2 N–H and O–H groups in total. The Morgan fingerprint density at radius 1 is 1.25 bits per heavy atom. The maximum atomic E-state index is 6.29. The van der Waals surface area contributed by atoms with Crippen molar-refractivity contribution in [2.45, 2.75) is 34.2 Å². The lowest BCUT2D eigenvalue weighted by molar-refractivity contribution is 0.311. The molecule has 0 amide bonds. The number of nitrogens with one attached hydrogen (secondary N) is 2. The number of hydrogen-bond donors (Lipinski definition) is 2. The van der Waals surface area contributed by atoms with Crippen LogP contribution in [0.3, 0.4) is 0 Å². The molecule has 5 nitrogen and oxygen atoms in total. The summed E-state index contributed by atoms with van der Waals surface area (Å²) in [6.45, 7) is 11.0. The molecule has 24 heavy (non-hydrogen) atoms. The van der Waals surface area contributed by atoms with Gasteiger partial charge in [-0.15, -0.1) is 24.0 Å². The SMILES string of the molecule is CCNC(=NCc1cc(Cl)c(OCC)c(OC)c1)NCC(C)C.I. The molecule has 0 bridgehead atoms. The minimum Gasteiger partial charge on any atom is -0.493 e. The van der Waals surface area contributed by atoms with Crippen LogP contribution in [-0.2, 0) is 6.54 Å². The smallest absolute Gasteiger partial charge is 0.191 e. The second kappa shape index (κ2) is 12.5. The van der Waals surface area contributed by atoms with Crippen molar-refractivity contribution in [1.29, 1.82) is 0 Å². The topological polar surface area (TPSA) is 54.9 Å². The molecule has 0 unspecified atom stereocenters. The van der Waals surface area contributed by atoms with E-state index in [9.17, 15) is 0 Å². The third-order valence-electron chi connectivity index (χ3n) is 3.02. The second-order valence-electron chi connectivity index (χ2n) is 5.51. The Morgan fingerprint density at radius 3 is 2.50 bits per heavy atom. The molecule has 0 aliphatic rings. The molecule has 0 aliphatic heterocycles. The first-order valence-electron chi connectivity index (χ1n) is 8.03. The summed E-state index contributed by atoms with van der Waals surface area (Å²) in [5, 5.41) is 7.09. The number of ether oxygens (including phenoxy) is 2. The summed E-state index contributed by atoms with van der Waals surface area (Å²) in [6, 6.07) is 3.77. The van der Waals surface area contributed by atoms with Gasteiger partial charge < -0.3 is 20.1 Å². The number of aliphatic imine (C=N–C) groups is 1. The van der Waals surface area contributed by atoms with E-state index in [-0.39, 0.29) is 24.0 Å². The highest BCUT2D eigenvalue weighted by Gasteiger charge is 2.11. The number of benzene rings is 1. The van der Waals surface area contributed by atoms with E-state index < -0.39 is 0 Å². The Balaban J connectivity index is 0.00000529. The number of rotatable bonds is 8. The quantitative estimate of drug-likeness (QED) is 0.342. The van der Waals surface area contributed by atoms with Crippen molar-refractivity contribution in [1.82, 2.24) is 10.6 Å². The van der Waals surface area contributed by atoms with E-state index in [0.29, 0.717) is 35.6 Å². The van der Waals surface area contributed by atoms with Crippen LogP contribution in [0.5, 0.6) is 11.5 Å². The Bertz CT molecular complexity index is 525. The van der Waals surface area contributed by atoms with Gasteiger partial charge in [-0.3, -0.25) is 0 Å². The van der Waals surface area contributed by atoms with Crippen molar-refractivity contribution in [3.05, 3.63) is 22.7 Å². The minimum absolute atomic E-state index is 0. The molecular weight excluding hydrogens is 441 g/mol. The van der Waals surface area contributed by atoms with Crippen LogP contribution in [0.2, 0.25) is 5.02 Å². The lowest BCUT2D eigenvalue weighted by atomic mass is 10.2. The van der Waals surface area contributed by atoms with Gasteiger partial charge in [-0.05, 0) is 37.5 Å². The fourth-order valence-electron chi connectivity index (χ4n) is 1.96. The van der Waals surface area contributed by atoms with Gasteiger partial charge >= 0.3 is 0 Å². The zero-order chi connectivity index (χ0) is 17.2. The largest absolute Gasteiger partial charge is 0.493 e. The molecule has 0 fully saturated rings. The predicted octanol–water partition coefficient (Wildman–Crippen LogP) is 4.08. The summed E-state index contributed by atoms with van der Waals surface area (Å²) in [4.78, 5) is 4.59. The van der Waals surface area contributed by atoms with Gasteiger partial charge in [0.2, 0.25) is 0 Å². The summed E-state index contributed by atoms with van der Waals surface area (Å²) in [5.74, 6) is 2.56. The van der Waals surface area contributed by atoms with Crippen LogP contribution >= 0.6 is 35.6 Å². The summed E-state index contributed by atoms with van der Waals surface area (Å²) in [6.07, 6.45) is 0. The van der Waals surface area contributed by atoms with E-state index in [4.69, 9.17) is 21.1 Å². The fraction of sp³-hybridized carbons (Fsp3) is 0.588. The third kappa shape index (κ3) is 7.79. The highest BCUT2D eigenvalue weighted by molar-refractivity contribution is 14.0. The first-order chi connectivity index (χ1) is 11.0. The average molecular weight is 470 g/mol. The van der Waals surface area contributed by atoms with E-state index in [1.807, 2.05) is 26.0 Å². The van der Waals surface area contributed by atoms with Crippen molar-refractivity contribution in [2.24, 2.45) is 10.9 Å². The highest BCUT2D eigenvalue weighted by Crippen LogP contribution is 2.36. The molecule has 0 heterocycles. The van der Waals surface area contributed by atoms with Crippen LogP contribution in [0.1, 0.15) is 33.3 Å². The number of guanidine groups is 1. The first-order valence-corrected chi connectivity index (χ1v) is 8.40. The fourth-order valence-corrected chi connectivity index (χ4v) is 2.25. The van der Waals surface area contributed by atoms with Gasteiger partial charge in [-0.25, -0.2) is 4.99 Å². The standard InChI is InChI=1S/C17H28ClN3O2.HI/c1-6-19-17(20-10-12(3)4)21-11-13-8-14(18)16(23-7-2)15(9-13)22-5;/h8-9,12H,6-7,10-11H2,1-5H3,(H2,19,20,21);1H. The van der Waals surface area contributed by atoms with Crippen LogP contribution < -0.4 is 20.1 Å². The molecule has 0 saturated heterocycles. The van der Waals surface area contributed by atoms with E-state index in [0.717, 1.165) is 24.6 Å². The van der Waals surface area contributed by atoms with Gasteiger partial charge in [0.25, 0.3) is 0 Å². The summed E-state index contributed by atoms with van der Waals surface area (Å²) in [5.41, 5.74) is 0.969. The molecule has 0 radical (unpaired) electrons. The molecule has 7 heteroatoms. The van der Waals surface area contributed by atoms with E-state index in [2.05, 4.69) is 29.5 Å². The molecule has 0 aliphatic carbocycles. The van der Waals surface area contributed by atoms with Crippen molar-refractivity contribution in [3.63, 3.8) is 0 Å². The number of hydrogen-bond acceptors (Lipinski definition) is 3. The van der Waals surface area contributed by atoms with Crippen LogP contribution in [-0.4, -0.2) is 32.8 Å². The summed E-state index contributed by atoms with van der Waals surface area (Å²) < 4.78 is 10.9. The van der Waals surface area contributed by atoms with Crippen molar-refractivity contribution < 1.29 is 9.47 Å². The Labute approximate surface area is 167 Å². The monoisotopic (exact) mass is 469 g/mol. The van der Waals surface area contributed by atoms with Crippen LogP contribution in [0.25, 0.3) is 0 Å². The number of methoxy groups -OCH3 is 1. The lowest BCUT2D eigenvalue weighted by Gasteiger charge is -2.14. The van der Waals surface area contributed by atoms with Gasteiger partial charge in [-0.1, -0.05) is 25.4 Å². The Hall–Kier alpha value is -0.890. The van der Waals surface area contributed by atoms with Crippen molar-refractivity contribution in [2.75, 3.05) is 26.8 Å². The van der Waals surface area contributed by atoms with E-state index in [1.165, 1.54) is 0 Å². The molecule has 1 rings (SSSR count). The van der Waals surface area contributed by atoms with E-state index >= 15 is 0 Å². The molecule has 0 saturated carbocycles. The first kappa shape index (κ1) is 23.1. The summed E-state index contributed by atoms with van der Waals surface area (Å²) >= 11 is 6.29. The third-order valence-corrected chi connectivity index (χ3v) is 3.30.